The number of aryl methyl sites for hydroxylation is 2. The number of nitro groups is 1. The van der Waals surface area contributed by atoms with Gasteiger partial charge in [-0.2, -0.15) is 4.99 Å². The molecule has 0 saturated carbocycles. The number of benzene rings is 2. The maximum atomic E-state index is 12.6. The molecule has 132 valence electrons. The van der Waals surface area contributed by atoms with E-state index in [-0.39, 0.29) is 11.3 Å². The summed E-state index contributed by atoms with van der Waals surface area (Å²) in [6.07, 6.45) is 1.75. The Morgan fingerprint density at radius 1 is 1.35 bits per heavy atom. The Morgan fingerprint density at radius 2 is 2.12 bits per heavy atom. The number of hydrogen-bond donors (Lipinski definition) is 0. The van der Waals surface area contributed by atoms with Crippen LogP contribution in [0.1, 0.15) is 21.5 Å². The number of nitro benzene ring substituents is 1. The summed E-state index contributed by atoms with van der Waals surface area (Å²) < 4.78 is 2.99. The average molecular weight is 367 g/mol. The van der Waals surface area contributed by atoms with E-state index in [1.165, 1.54) is 35.6 Å². The largest absolute Gasteiger partial charge is 0.312 e. The van der Waals surface area contributed by atoms with Gasteiger partial charge in [0.1, 0.15) is 0 Å². The van der Waals surface area contributed by atoms with Gasteiger partial charge in [-0.05, 0) is 37.1 Å². The second kappa shape index (κ2) is 7.05. The lowest BCUT2D eigenvalue weighted by Gasteiger charge is -2.03. The lowest BCUT2D eigenvalue weighted by molar-refractivity contribution is -0.384. The van der Waals surface area contributed by atoms with Gasteiger partial charge in [-0.3, -0.25) is 14.9 Å². The number of carbonyl (C=O) groups excluding carboxylic acids is 1. The Balaban J connectivity index is 2.17. The summed E-state index contributed by atoms with van der Waals surface area (Å²) in [6, 6.07) is 9.74. The van der Waals surface area contributed by atoms with E-state index < -0.39 is 10.8 Å². The van der Waals surface area contributed by atoms with E-state index in [2.05, 4.69) is 23.7 Å². The van der Waals surface area contributed by atoms with Crippen LogP contribution >= 0.6 is 11.3 Å². The molecule has 1 amide bonds. The number of hydrogen-bond acceptors (Lipinski definition) is 4. The first-order valence-corrected chi connectivity index (χ1v) is 8.77. The van der Waals surface area contributed by atoms with Gasteiger partial charge in [0.15, 0.2) is 4.80 Å². The van der Waals surface area contributed by atoms with E-state index in [0.29, 0.717) is 11.3 Å². The van der Waals surface area contributed by atoms with Crippen molar-refractivity contribution in [3.63, 3.8) is 0 Å². The normalized spacial score (nSPS) is 11.7. The smallest absolute Gasteiger partial charge is 0.279 e. The fourth-order valence-corrected chi connectivity index (χ4v) is 3.90. The fourth-order valence-electron chi connectivity index (χ4n) is 2.81. The van der Waals surface area contributed by atoms with Crippen LogP contribution in [0.2, 0.25) is 0 Å². The zero-order valence-corrected chi connectivity index (χ0v) is 15.2. The van der Waals surface area contributed by atoms with Crippen molar-refractivity contribution >= 4 is 33.1 Å². The molecule has 0 fully saturated rings. The van der Waals surface area contributed by atoms with Gasteiger partial charge in [0.05, 0.1) is 15.1 Å². The minimum absolute atomic E-state index is 0.132. The molecule has 0 aliphatic heterocycles. The summed E-state index contributed by atoms with van der Waals surface area (Å²) in [5.41, 5.74) is 3.30. The molecule has 3 aromatic rings. The number of rotatable bonds is 4. The van der Waals surface area contributed by atoms with Gasteiger partial charge in [-0.25, -0.2) is 0 Å². The number of nitrogens with zero attached hydrogens (tertiary/aromatic N) is 3. The van der Waals surface area contributed by atoms with E-state index in [0.717, 1.165) is 21.3 Å². The summed E-state index contributed by atoms with van der Waals surface area (Å²) in [5.74, 6) is -0.507. The number of fused-ring (bicyclic) bond motifs is 1. The van der Waals surface area contributed by atoms with Gasteiger partial charge in [-0.15, -0.1) is 6.58 Å². The van der Waals surface area contributed by atoms with Crippen LogP contribution < -0.4 is 4.80 Å². The predicted molar refractivity (Wildman–Crippen MR) is 102 cm³/mol. The molecule has 0 bridgehead atoms. The Morgan fingerprint density at radius 3 is 2.81 bits per heavy atom. The predicted octanol–water partition coefficient (Wildman–Crippen LogP) is 4.15. The van der Waals surface area contributed by atoms with Crippen molar-refractivity contribution < 1.29 is 9.72 Å². The molecule has 0 saturated heterocycles. The quantitative estimate of drug-likeness (QED) is 0.395. The Bertz CT molecular complexity index is 1110. The van der Waals surface area contributed by atoms with Gasteiger partial charge in [0.2, 0.25) is 0 Å². The average Bonchev–Trinajstić information content (AvgIpc) is 2.93. The highest BCUT2D eigenvalue weighted by Gasteiger charge is 2.13. The van der Waals surface area contributed by atoms with Gasteiger partial charge < -0.3 is 4.57 Å². The van der Waals surface area contributed by atoms with Crippen LogP contribution in [-0.2, 0) is 6.54 Å². The standard InChI is InChI=1S/C19H17N3O3S/c1-4-8-21-16-10-12(2)9-13(3)17(16)26-19(21)20-18(23)14-6-5-7-15(11-14)22(24)25/h4-7,9-11H,1,8H2,2-3H3. The Kier molecular flexibility index (Phi) is 4.81. The lowest BCUT2D eigenvalue weighted by Crippen LogP contribution is -2.16. The van der Waals surface area contributed by atoms with Crippen LogP contribution in [-0.4, -0.2) is 15.4 Å². The SMILES string of the molecule is C=CCn1c(=NC(=O)c2cccc([N+](=O)[O-])c2)sc2c(C)cc(C)cc21. The monoisotopic (exact) mass is 367 g/mol. The highest BCUT2D eigenvalue weighted by Crippen LogP contribution is 2.23. The summed E-state index contributed by atoms with van der Waals surface area (Å²) in [7, 11) is 0. The highest BCUT2D eigenvalue weighted by molar-refractivity contribution is 7.16. The van der Waals surface area contributed by atoms with Gasteiger partial charge in [-0.1, -0.05) is 29.5 Å². The number of thiazole rings is 1. The number of amides is 1. The van der Waals surface area contributed by atoms with Crippen LogP contribution in [0.15, 0.2) is 54.0 Å². The second-order valence-electron chi connectivity index (χ2n) is 5.94. The molecular weight excluding hydrogens is 350 g/mol. The third kappa shape index (κ3) is 3.34. The third-order valence-corrected chi connectivity index (χ3v) is 5.16. The molecule has 0 N–H and O–H groups in total. The maximum absolute atomic E-state index is 12.6. The first kappa shape index (κ1) is 17.8. The molecule has 0 unspecified atom stereocenters. The molecule has 0 aliphatic rings. The van der Waals surface area contributed by atoms with Crippen molar-refractivity contribution in [1.29, 1.82) is 0 Å². The first-order valence-electron chi connectivity index (χ1n) is 7.95. The molecule has 0 atom stereocenters. The minimum Gasteiger partial charge on any atom is -0.312 e. The van der Waals surface area contributed by atoms with E-state index >= 15 is 0 Å². The zero-order chi connectivity index (χ0) is 18.8. The molecule has 0 aliphatic carbocycles. The summed E-state index contributed by atoms with van der Waals surface area (Å²) in [6.45, 7) is 8.34. The molecule has 0 radical (unpaired) electrons. The van der Waals surface area contributed by atoms with Crippen LogP contribution in [0.3, 0.4) is 0 Å². The van der Waals surface area contributed by atoms with Crippen molar-refractivity contribution in [3.8, 4) is 0 Å². The van der Waals surface area contributed by atoms with Gasteiger partial charge >= 0.3 is 0 Å². The van der Waals surface area contributed by atoms with Crippen LogP contribution in [0.5, 0.6) is 0 Å². The van der Waals surface area contributed by atoms with Crippen molar-refractivity contribution in [2.75, 3.05) is 0 Å². The molecular formula is C19H17N3O3S. The minimum atomic E-state index is -0.528. The topological polar surface area (TPSA) is 77.5 Å². The highest BCUT2D eigenvalue weighted by atomic mass is 32.1. The number of aromatic nitrogens is 1. The van der Waals surface area contributed by atoms with E-state index in [9.17, 15) is 14.9 Å². The Labute approximate surface area is 153 Å². The van der Waals surface area contributed by atoms with Crippen molar-refractivity contribution in [1.82, 2.24) is 4.57 Å². The molecule has 1 aromatic heterocycles. The van der Waals surface area contributed by atoms with E-state index in [1.54, 1.807) is 6.08 Å². The van der Waals surface area contributed by atoms with Crippen LogP contribution in [0.25, 0.3) is 10.2 Å². The van der Waals surface area contributed by atoms with Crippen LogP contribution in [0, 0.1) is 24.0 Å². The van der Waals surface area contributed by atoms with Crippen molar-refractivity contribution in [2.45, 2.75) is 20.4 Å². The molecule has 26 heavy (non-hydrogen) atoms. The van der Waals surface area contributed by atoms with Crippen molar-refractivity contribution in [2.24, 2.45) is 4.99 Å². The zero-order valence-electron chi connectivity index (χ0n) is 14.4. The molecule has 7 heteroatoms. The lowest BCUT2D eigenvalue weighted by atomic mass is 10.1. The van der Waals surface area contributed by atoms with Gasteiger partial charge in [0.25, 0.3) is 11.6 Å². The summed E-state index contributed by atoms with van der Waals surface area (Å²) in [4.78, 5) is 27.7. The first-order chi connectivity index (χ1) is 12.4. The molecule has 2 aromatic carbocycles. The third-order valence-electron chi connectivity index (χ3n) is 3.93. The number of non-ortho nitro benzene ring substituents is 1. The van der Waals surface area contributed by atoms with E-state index in [1.807, 2.05) is 18.4 Å². The number of allylic oxidation sites excluding steroid dienone is 1. The maximum Gasteiger partial charge on any atom is 0.279 e. The summed E-state index contributed by atoms with van der Waals surface area (Å²) >= 11 is 1.43. The number of carbonyl (C=O) groups is 1. The molecule has 0 spiro atoms. The summed E-state index contributed by atoms with van der Waals surface area (Å²) in [5, 5.41) is 10.9. The van der Waals surface area contributed by atoms with Crippen LogP contribution in [0.4, 0.5) is 5.69 Å². The second-order valence-corrected chi connectivity index (χ2v) is 6.92. The molecule has 6 nitrogen and oxygen atoms in total. The Hall–Kier alpha value is -3.06. The molecule has 1 heterocycles. The fraction of sp³-hybridized carbons (Fsp3) is 0.158. The molecule has 3 rings (SSSR count). The van der Waals surface area contributed by atoms with E-state index in [4.69, 9.17) is 0 Å². The van der Waals surface area contributed by atoms with Gasteiger partial charge in [0, 0.05) is 24.2 Å². The van der Waals surface area contributed by atoms with Crippen molar-refractivity contribution in [3.05, 3.63) is 80.7 Å².